The van der Waals surface area contributed by atoms with Crippen LogP contribution in [0.15, 0.2) is 29.3 Å². The Bertz CT molecular complexity index is 673. The van der Waals surface area contributed by atoms with E-state index in [4.69, 9.17) is 10.7 Å². The van der Waals surface area contributed by atoms with Gasteiger partial charge in [0, 0.05) is 32.1 Å². The van der Waals surface area contributed by atoms with Crippen LogP contribution in [0.5, 0.6) is 0 Å². The number of hydrogen-bond donors (Lipinski definition) is 2. The van der Waals surface area contributed by atoms with E-state index in [2.05, 4.69) is 46.3 Å². The Balaban J connectivity index is 0.00000300. The van der Waals surface area contributed by atoms with Crippen molar-refractivity contribution in [2.45, 2.75) is 45.6 Å². The maximum Gasteiger partial charge on any atom is 0.220 e. The summed E-state index contributed by atoms with van der Waals surface area (Å²) < 4.78 is 0. The van der Waals surface area contributed by atoms with Crippen molar-refractivity contribution in [2.24, 2.45) is 16.6 Å². The van der Waals surface area contributed by atoms with Crippen LogP contribution >= 0.6 is 24.0 Å². The molecule has 3 N–H and O–H groups in total. The average Bonchev–Trinajstić information content (AvgIpc) is 2.72. The minimum absolute atomic E-state index is 0. The number of likely N-dealkylation sites (tertiary alicyclic amines) is 1. The molecular formula is C22H36IN5O. The van der Waals surface area contributed by atoms with Gasteiger partial charge in [0.1, 0.15) is 0 Å². The molecule has 29 heavy (non-hydrogen) atoms. The summed E-state index contributed by atoms with van der Waals surface area (Å²) in [6, 6.07) is 8.72. The Hall–Kier alpha value is -1.35. The van der Waals surface area contributed by atoms with Crippen molar-refractivity contribution in [2.75, 3.05) is 39.3 Å². The summed E-state index contributed by atoms with van der Waals surface area (Å²) in [7, 11) is 0. The second-order valence-corrected chi connectivity index (χ2v) is 7.90. The number of unbranched alkanes of at least 4 members (excludes halogenated alkanes) is 1. The van der Waals surface area contributed by atoms with Gasteiger partial charge in [-0.25, -0.2) is 0 Å². The number of rotatable bonds is 7. The molecule has 0 unspecified atom stereocenters. The fraction of sp³-hybridized carbons (Fsp3) is 0.636. The molecule has 0 saturated carbocycles. The number of nitrogens with two attached hydrogens (primary N) is 1. The molecule has 0 aliphatic carbocycles. The smallest absolute Gasteiger partial charge is 0.220 e. The SMILES string of the molecule is CCNC(=NCCCCN1CCC(C(N)=O)CC1)N1CCc2ccccc2C1.I. The molecule has 0 aromatic heterocycles. The maximum absolute atomic E-state index is 11.3. The van der Waals surface area contributed by atoms with Gasteiger partial charge in [-0.3, -0.25) is 9.79 Å². The van der Waals surface area contributed by atoms with Crippen LogP contribution < -0.4 is 11.1 Å². The van der Waals surface area contributed by atoms with Gasteiger partial charge in [-0.2, -0.15) is 0 Å². The number of primary amides is 1. The summed E-state index contributed by atoms with van der Waals surface area (Å²) >= 11 is 0. The normalized spacial score (nSPS) is 18.1. The Morgan fingerprint density at radius 2 is 1.90 bits per heavy atom. The zero-order chi connectivity index (χ0) is 19.8. The Labute approximate surface area is 192 Å². The number of benzene rings is 1. The van der Waals surface area contributed by atoms with E-state index in [-0.39, 0.29) is 35.8 Å². The lowest BCUT2D eigenvalue weighted by Gasteiger charge is -2.32. The Kier molecular flexibility index (Phi) is 10.2. The first-order chi connectivity index (χ1) is 13.7. The molecule has 3 rings (SSSR count). The molecule has 0 bridgehead atoms. The minimum atomic E-state index is -0.134. The zero-order valence-electron chi connectivity index (χ0n) is 17.6. The van der Waals surface area contributed by atoms with Crippen LogP contribution in [0.25, 0.3) is 0 Å². The van der Waals surface area contributed by atoms with E-state index in [9.17, 15) is 4.79 Å². The number of fused-ring (bicyclic) bond motifs is 1. The lowest BCUT2D eigenvalue weighted by molar-refractivity contribution is -0.123. The summed E-state index contributed by atoms with van der Waals surface area (Å²) in [6.45, 7) is 8.93. The highest BCUT2D eigenvalue weighted by Gasteiger charge is 2.22. The molecule has 0 atom stereocenters. The molecule has 2 aliphatic rings. The average molecular weight is 513 g/mol. The van der Waals surface area contributed by atoms with Crippen LogP contribution in [0.2, 0.25) is 0 Å². The van der Waals surface area contributed by atoms with Crippen molar-refractivity contribution in [3.8, 4) is 0 Å². The fourth-order valence-corrected chi connectivity index (χ4v) is 4.18. The van der Waals surface area contributed by atoms with Gasteiger partial charge >= 0.3 is 0 Å². The second kappa shape index (κ2) is 12.4. The van der Waals surface area contributed by atoms with Gasteiger partial charge in [0.25, 0.3) is 0 Å². The van der Waals surface area contributed by atoms with E-state index >= 15 is 0 Å². The van der Waals surface area contributed by atoms with Crippen LogP contribution in [-0.4, -0.2) is 60.9 Å². The number of nitrogens with one attached hydrogen (secondary N) is 1. The van der Waals surface area contributed by atoms with Crippen LogP contribution in [0.4, 0.5) is 0 Å². The minimum Gasteiger partial charge on any atom is -0.369 e. The summed E-state index contributed by atoms with van der Waals surface area (Å²) in [5.41, 5.74) is 8.29. The summed E-state index contributed by atoms with van der Waals surface area (Å²) in [5, 5.41) is 3.46. The van der Waals surface area contributed by atoms with Crippen molar-refractivity contribution in [1.82, 2.24) is 15.1 Å². The van der Waals surface area contributed by atoms with Crippen molar-refractivity contribution in [1.29, 1.82) is 0 Å². The van der Waals surface area contributed by atoms with Gasteiger partial charge in [0.15, 0.2) is 5.96 Å². The number of nitrogens with zero attached hydrogens (tertiary/aromatic N) is 3. The molecule has 0 spiro atoms. The summed E-state index contributed by atoms with van der Waals surface area (Å²) in [6.07, 6.45) is 5.15. The van der Waals surface area contributed by atoms with Crippen LogP contribution in [0.3, 0.4) is 0 Å². The summed E-state index contributed by atoms with van der Waals surface area (Å²) in [4.78, 5) is 21.0. The first-order valence-corrected chi connectivity index (χ1v) is 10.8. The Morgan fingerprint density at radius 3 is 2.59 bits per heavy atom. The number of carbonyl (C=O) groups is 1. The van der Waals surface area contributed by atoms with Crippen molar-refractivity contribution in [3.05, 3.63) is 35.4 Å². The van der Waals surface area contributed by atoms with E-state index in [1.54, 1.807) is 0 Å². The number of aliphatic imine (C=N–C) groups is 1. The van der Waals surface area contributed by atoms with E-state index in [0.29, 0.717) is 0 Å². The molecule has 1 amide bonds. The highest BCUT2D eigenvalue weighted by atomic mass is 127. The summed E-state index contributed by atoms with van der Waals surface area (Å²) in [5.74, 6) is 0.989. The van der Waals surface area contributed by atoms with Crippen molar-refractivity contribution >= 4 is 35.8 Å². The van der Waals surface area contributed by atoms with Gasteiger partial charge in [0.05, 0.1) is 0 Å². The molecule has 162 valence electrons. The predicted molar refractivity (Wildman–Crippen MR) is 130 cm³/mol. The maximum atomic E-state index is 11.3. The Morgan fingerprint density at radius 1 is 1.17 bits per heavy atom. The molecule has 0 radical (unpaired) electrons. The number of amides is 1. The van der Waals surface area contributed by atoms with Crippen LogP contribution in [-0.2, 0) is 17.8 Å². The monoisotopic (exact) mass is 513 g/mol. The molecule has 1 aromatic carbocycles. The predicted octanol–water partition coefficient (Wildman–Crippen LogP) is 2.61. The lowest BCUT2D eigenvalue weighted by atomic mass is 9.96. The molecule has 1 aromatic rings. The highest BCUT2D eigenvalue weighted by Crippen LogP contribution is 2.19. The molecular weight excluding hydrogens is 477 g/mol. The lowest BCUT2D eigenvalue weighted by Crippen LogP contribution is -2.44. The van der Waals surface area contributed by atoms with Gasteiger partial charge in [-0.05, 0) is 69.8 Å². The third kappa shape index (κ3) is 7.13. The number of carbonyl (C=O) groups excluding carboxylic acids is 1. The van der Waals surface area contributed by atoms with Gasteiger partial charge < -0.3 is 20.9 Å². The molecule has 1 fully saturated rings. The van der Waals surface area contributed by atoms with Gasteiger partial charge in [-0.1, -0.05) is 24.3 Å². The highest BCUT2D eigenvalue weighted by molar-refractivity contribution is 14.0. The number of guanidine groups is 1. The van der Waals surface area contributed by atoms with E-state index in [0.717, 1.165) is 83.9 Å². The standard InChI is InChI=1S/C22H35N5O.HI/c1-2-24-22(27-16-11-18-7-3-4-8-20(18)17-27)25-12-5-6-13-26-14-9-19(10-15-26)21(23)28;/h3-4,7-8,19H,2,5-6,9-17H2,1H3,(H2,23,28)(H,24,25);1H. The van der Waals surface area contributed by atoms with Crippen molar-refractivity contribution < 1.29 is 4.79 Å². The molecule has 2 heterocycles. The van der Waals surface area contributed by atoms with E-state index in [1.807, 2.05) is 0 Å². The number of hydrogen-bond acceptors (Lipinski definition) is 3. The largest absolute Gasteiger partial charge is 0.369 e. The van der Waals surface area contributed by atoms with Crippen LogP contribution in [0, 0.1) is 5.92 Å². The molecule has 7 heteroatoms. The van der Waals surface area contributed by atoms with Gasteiger partial charge in [-0.15, -0.1) is 24.0 Å². The third-order valence-electron chi connectivity index (χ3n) is 5.90. The van der Waals surface area contributed by atoms with Crippen LogP contribution in [0.1, 0.15) is 43.7 Å². The quantitative estimate of drug-likeness (QED) is 0.255. The fourth-order valence-electron chi connectivity index (χ4n) is 4.18. The van der Waals surface area contributed by atoms with E-state index < -0.39 is 0 Å². The number of halogens is 1. The zero-order valence-corrected chi connectivity index (χ0v) is 19.9. The second-order valence-electron chi connectivity index (χ2n) is 7.90. The number of piperidine rings is 1. The van der Waals surface area contributed by atoms with E-state index in [1.165, 1.54) is 11.1 Å². The topological polar surface area (TPSA) is 74.0 Å². The molecule has 1 saturated heterocycles. The van der Waals surface area contributed by atoms with Gasteiger partial charge in [0.2, 0.25) is 5.91 Å². The molecule has 2 aliphatic heterocycles. The van der Waals surface area contributed by atoms with Crippen molar-refractivity contribution in [3.63, 3.8) is 0 Å². The molecule has 6 nitrogen and oxygen atoms in total. The first kappa shape index (κ1) is 23.9. The third-order valence-corrected chi connectivity index (χ3v) is 5.90. The first-order valence-electron chi connectivity index (χ1n) is 10.8.